The summed E-state index contributed by atoms with van der Waals surface area (Å²) in [5.74, 6) is -0.186. The molecule has 12 rings (SSSR count). The lowest BCUT2D eigenvalue weighted by atomic mass is 9.82. The average molecular weight is 817 g/mol. The van der Waals surface area contributed by atoms with Crippen molar-refractivity contribution in [2.45, 2.75) is 11.6 Å². The van der Waals surface area contributed by atoms with E-state index in [1.54, 1.807) is 0 Å². The van der Waals surface area contributed by atoms with Crippen LogP contribution in [-0.2, 0) is 15.1 Å². The summed E-state index contributed by atoms with van der Waals surface area (Å²) >= 11 is 0. The van der Waals surface area contributed by atoms with Crippen LogP contribution < -0.4 is 5.32 Å². The van der Waals surface area contributed by atoms with Gasteiger partial charge in [-0.05, 0) is 83.4 Å². The number of hydrogen-bond donors (Lipinski definition) is 3. The first-order valence-corrected chi connectivity index (χ1v) is 21.2. The number of para-hydroxylation sites is 1. The zero-order chi connectivity index (χ0) is 42.1. The van der Waals surface area contributed by atoms with Crippen molar-refractivity contribution in [3.8, 4) is 44.5 Å². The van der Waals surface area contributed by atoms with Gasteiger partial charge in [-0.15, -0.1) is 0 Å². The maximum absolute atomic E-state index is 14.6. The van der Waals surface area contributed by atoms with Crippen molar-refractivity contribution in [3.05, 3.63) is 198 Å². The van der Waals surface area contributed by atoms with Crippen molar-refractivity contribution >= 4 is 58.0 Å². The lowest BCUT2D eigenvalue weighted by molar-refractivity contribution is -0.136. The molecule has 1 fully saturated rings. The summed E-state index contributed by atoms with van der Waals surface area (Å²) < 4.78 is 6.74. The van der Waals surface area contributed by atoms with Crippen LogP contribution in [0.2, 0.25) is 0 Å². The molecule has 8 aromatic rings. The standard InChI is InChI=1S/C55H40N6O2/c1-61-33-63-55(39-24-14-15-25-40(39)60-54(55)62)53(61)38-32-47-50(36-20-10-4-11-21-36)45-29-28-43(57-45)48(34-16-6-2-7-17-34)41-26-27-42(56-41)49(35-18-8-3-9-19-35)44-30-31-46(58-44)51(52(38)59-47)37-22-12-5-13-23-37/h2-32,53,57,59H,33H2,1H3,(H,60,62). The molecular formula is C55H40N6O2. The quantitative estimate of drug-likeness (QED) is 0.161. The summed E-state index contributed by atoms with van der Waals surface area (Å²) in [6.45, 7) is 0.253. The first kappa shape index (κ1) is 36.9. The van der Waals surface area contributed by atoms with Crippen molar-refractivity contribution < 1.29 is 9.53 Å². The number of H-pyrrole nitrogens is 2. The van der Waals surface area contributed by atoms with Gasteiger partial charge >= 0.3 is 0 Å². The Morgan fingerprint density at radius 3 is 1.62 bits per heavy atom. The van der Waals surface area contributed by atoms with Gasteiger partial charge in [0.2, 0.25) is 0 Å². The Hall–Kier alpha value is -7.91. The Bertz CT molecular complexity index is 3360. The third-order valence-corrected chi connectivity index (χ3v) is 12.7. The average Bonchev–Trinajstić information content (AvgIpc) is 4.21. The SMILES string of the molecule is CN1COC2(C(=O)Nc3ccccc32)C1c1cc2[nH]c1c(-c1ccccc1)c1nc(c(-c3ccccc3)c3nc(c(-c4ccccc4)c4ccc([nH]4)c2-c2ccccc2)C=C3)C=C1. The molecule has 2 unspecified atom stereocenters. The molecule has 63 heavy (non-hydrogen) atoms. The van der Waals surface area contributed by atoms with E-state index in [9.17, 15) is 4.79 Å². The van der Waals surface area contributed by atoms with E-state index in [2.05, 4.69) is 160 Å². The van der Waals surface area contributed by atoms with E-state index < -0.39 is 11.6 Å². The number of anilines is 1. The molecule has 302 valence electrons. The molecule has 7 heterocycles. The lowest BCUT2D eigenvalue weighted by Crippen LogP contribution is -2.41. The largest absolute Gasteiger partial charge is 0.354 e. The summed E-state index contributed by atoms with van der Waals surface area (Å²) in [7, 11) is 2.03. The van der Waals surface area contributed by atoms with Gasteiger partial charge in [-0.25, -0.2) is 9.97 Å². The molecule has 3 aromatic heterocycles. The number of hydrogen-bond acceptors (Lipinski definition) is 5. The van der Waals surface area contributed by atoms with Crippen LogP contribution in [0.25, 0.3) is 90.9 Å². The second-order valence-corrected chi connectivity index (χ2v) is 16.4. The molecule has 1 saturated heterocycles. The second kappa shape index (κ2) is 14.6. The predicted molar refractivity (Wildman–Crippen MR) is 254 cm³/mol. The maximum atomic E-state index is 14.6. The fourth-order valence-electron chi connectivity index (χ4n) is 9.95. The third kappa shape index (κ3) is 5.87. The minimum atomic E-state index is -1.31. The fraction of sp³-hybridized carbons (Fsp3) is 0.0727. The molecule has 5 aromatic carbocycles. The second-order valence-electron chi connectivity index (χ2n) is 16.4. The van der Waals surface area contributed by atoms with Gasteiger partial charge in [0.1, 0.15) is 6.73 Å². The fourth-order valence-corrected chi connectivity index (χ4v) is 9.95. The zero-order valence-corrected chi connectivity index (χ0v) is 34.3. The van der Waals surface area contributed by atoms with Crippen LogP contribution in [0.4, 0.5) is 5.69 Å². The van der Waals surface area contributed by atoms with Crippen molar-refractivity contribution in [1.82, 2.24) is 24.8 Å². The molecule has 0 saturated carbocycles. The molecule has 3 N–H and O–H groups in total. The van der Waals surface area contributed by atoms with Crippen LogP contribution in [0.3, 0.4) is 0 Å². The van der Waals surface area contributed by atoms with Crippen LogP contribution in [0.15, 0.2) is 164 Å². The van der Waals surface area contributed by atoms with E-state index in [0.29, 0.717) is 0 Å². The molecule has 0 radical (unpaired) electrons. The van der Waals surface area contributed by atoms with Crippen LogP contribution >= 0.6 is 0 Å². The smallest absolute Gasteiger partial charge is 0.263 e. The molecule has 2 atom stereocenters. The summed E-state index contributed by atoms with van der Waals surface area (Å²) in [4.78, 5) is 35.6. The van der Waals surface area contributed by atoms with Crippen LogP contribution in [0.1, 0.15) is 39.9 Å². The number of carbonyl (C=O) groups is 1. The molecule has 8 bridgehead atoms. The highest BCUT2D eigenvalue weighted by Gasteiger charge is 2.60. The topological polar surface area (TPSA) is 98.9 Å². The molecule has 8 nitrogen and oxygen atoms in total. The number of fused-ring (bicyclic) bond motifs is 10. The van der Waals surface area contributed by atoms with E-state index >= 15 is 0 Å². The molecule has 8 heteroatoms. The number of rotatable bonds is 5. The summed E-state index contributed by atoms with van der Waals surface area (Å²) in [5, 5.41) is 3.17. The summed E-state index contributed by atoms with van der Waals surface area (Å²) in [6, 6.07) is 55.6. The van der Waals surface area contributed by atoms with Crippen molar-refractivity contribution in [2.75, 3.05) is 19.1 Å². The van der Waals surface area contributed by atoms with Crippen molar-refractivity contribution in [1.29, 1.82) is 0 Å². The normalized spacial score (nSPS) is 17.7. The Labute approximate surface area is 363 Å². The van der Waals surface area contributed by atoms with Crippen molar-refractivity contribution in [3.63, 3.8) is 0 Å². The Balaban J connectivity index is 1.29. The highest BCUT2D eigenvalue weighted by molar-refractivity contribution is 6.07. The van der Waals surface area contributed by atoms with E-state index in [4.69, 9.17) is 14.7 Å². The number of carbonyl (C=O) groups excluding carboxylic acids is 1. The minimum Gasteiger partial charge on any atom is -0.354 e. The third-order valence-electron chi connectivity index (χ3n) is 12.7. The highest BCUT2D eigenvalue weighted by atomic mass is 16.5. The van der Waals surface area contributed by atoms with Gasteiger partial charge in [0, 0.05) is 50.1 Å². The first-order valence-electron chi connectivity index (χ1n) is 21.2. The summed E-state index contributed by atoms with van der Waals surface area (Å²) in [6.07, 6.45) is 8.43. The monoisotopic (exact) mass is 816 g/mol. The highest BCUT2D eigenvalue weighted by Crippen LogP contribution is 2.54. The van der Waals surface area contributed by atoms with E-state index in [1.165, 1.54) is 0 Å². The Morgan fingerprint density at radius 1 is 0.540 bits per heavy atom. The number of nitrogens with zero attached hydrogens (tertiary/aromatic N) is 3. The zero-order valence-electron chi connectivity index (χ0n) is 34.3. The molecule has 1 amide bonds. The molecule has 4 aliphatic rings. The van der Waals surface area contributed by atoms with Crippen LogP contribution in [0.5, 0.6) is 0 Å². The molecule has 1 spiro atoms. The molecular weight excluding hydrogens is 777 g/mol. The van der Waals surface area contributed by atoms with E-state index in [-0.39, 0.29) is 12.6 Å². The van der Waals surface area contributed by atoms with Gasteiger partial charge < -0.3 is 20.0 Å². The number of aromatic amines is 2. The van der Waals surface area contributed by atoms with Gasteiger partial charge in [0.05, 0.1) is 34.3 Å². The predicted octanol–water partition coefficient (Wildman–Crippen LogP) is 12.1. The summed E-state index contributed by atoms with van der Waals surface area (Å²) in [5.41, 5.74) is 15.9. The van der Waals surface area contributed by atoms with Crippen LogP contribution in [-0.4, -0.2) is 44.5 Å². The number of likely N-dealkylation sites (N-methyl/N-ethyl adjacent to an activating group) is 1. The lowest BCUT2D eigenvalue weighted by Gasteiger charge is -2.30. The molecule has 0 aliphatic carbocycles. The Morgan fingerprint density at radius 2 is 1.02 bits per heavy atom. The van der Waals surface area contributed by atoms with Gasteiger partial charge in [-0.3, -0.25) is 9.69 Å². The number of amides is 1. The van der Waals surface area contributed by atoms with Gasteiger partial charge in [-0.2, -0.15) is 0 Å². The van der Waals surface area contributed by atoms with Crippen molar-refractivity contribution in [2.24, 2.45) is 0 Å². The minimum absolute atomic E-state index is 0.186. The van der Waals surface area contributed by atoms with Gasteiger partial charge in [0.25, 0.3) is 5.91 Å². The molecule has 4 aliphatic heterocycles. The van der Waals surface area contributed by atoms with Gasteiger partial charge in [0.15, 0.2) is 5.60 Å². The van der Waals surface area contributed by atoms with Gasteiger partial charge in [-0.1, -0.05) is 140 Å². The maximum Gasteiger partial charge on any atom is 0.263 e. The first-order chi connectivity index (χ1) is 31.0. The van der Waals surface area contributed by atoms with E-state index in [0.717, 1.165) is 106 Å². The number of ether oxygens (including phenoxy) is 1. The Kier molecular flexibility index (Phi) is 8.57. The number of benzene rings is 5. The number of aromatic nitrogens is 4. The number of nitrogens with one attached hydrogen (secondary N) is 3. The van der Waals surface area contributed by atoms with Crippen LogP contribution in [0, 0.1) is 0 Å². The van der Waals surface area contributed by atoms with E-state index in [1.807, 2.05) is 55.6 Å².